The molecule has 2 unspecified atom stereocenters. The van der Waals surface area contributed by atoms with Gasteiger partial charge >= 0.3 is 0 Å². The van der Waals surface area contributed by atoms with Gasteiger partial charge < -0.3 is 11.1 Å². The number of nitrogens with one attached hydrogen (secondary N) is 1. The summed E-state index contributed by atoms with van der Waals surface area (Å²) >= 11 is 0. The molecule has 0 spiro atoms. The van der Waals surface area contributed by atoms with Crippen molar-refractivity contribution in [1.29, 1.82) is 0 Å². The van der Waals surface area contributed by atoms with Crippen LogP contribution >= 0.6 is 0 Å². The Kier molecular flexibility index (Phi) is 4.63. The first-order chi connectivity index (χ1) is 12.8. The van der Waals surface area contributed by atoms with Gasteiger partial charge in [-0.3, -0.25) is 4.79 Å². The van der Waals surface area contributed by atoms with E-state index in [0.29, 0.717) is 11.5 Å². The summed E-state index contributed by atoms with van der Waals surface area (Å²) in [4.78, 5) is 12.8. The lowest BCUT2D eigenvalue weighted by Crippen LogP contribution is -2.50. The number of amides is 1. The molecule has 3 N–H and O–H groups in total. The van der Waals surface area contributed by atoms with Crippen LogP contribution in [0.15, 0.2) is 41.1 Å². The average molecular weight is 392 g/mol. The molecule has 146 valence electrons. The van der Waals surface area contributed by atoms with Gasteiger partial charge in [0.05, 0.1) is 4.90 Å². The highest BCUT2D eigenvalue weighted by atomic mass is 32.2. The van der Waals surface area contributed by atoms with Gasteiger partial charge in [-0.1, -0.05) is 6.07 Å². The standard InChI is InChI=1S/C20H25FN2O3S/c21-17(4-5-22)12-27(25,26)18-3-1-2-14(8-18)19(24)23-20-9-13-6-15(10-20)16(7-13)11-20/h1-4,8,13,15-16H,5-7,9-12,22H2,(H,23,24)/b17-4-. The van der Waals surface area contributed by atoms with Gasteiger partial charge in [-0.05, 0) is 74.1 Å². The highest BCUT2D eigenvalue weighted by Gasteiger charge is 2.56. The van der Waals surface area contributed by atoms with E-state index < -0.39 is 21.4 Å². The van der Waals surface area contributed by atoms with E-state index >= 15 is 0 Å². The smallest absolute Gasteiger partial charge is 0.251 e. The number of hydrogen-bond donors (Lipinski definition) is 2. The Morgan fingerprint density at radius 1 is 1.26 bits per heavy atom. The molecule has 4 bridgehead atoms. The van der Waals surface area contributed by atoms with Crippen LogP contribution < -0.4 is 11.1 Å². The van der Waals surface area contributed by atoms with Gasteiger partial charge in [0.15, 0.2) is 9.84 Å². The molecule has 5 rings (SSSR count). The van der Waals surface area contributed by atoms with Crippen molar-refractivity contribution in [3.05, 3.63) is 41.7 Å². The largest absolute Gasteiger partial charge is 0.347 e. The number of nitrogens with two attached hydrogens (primary N) is 1. The maximum absolute atomic E-state index is 13.6. The van der Waals surface area contributed by atoms with Crippen molar-refractivity contribution in [3.63, 3.8) is 0 Å². The van der Waals surface area contributed by atoms with Crippen molar-refractivity contribution in [2.75, 3.05) is 12.3 Å². The molecule has 4 fully saturated rings. The van der Waals surface area contributed by atoms with Crippen molar-refractivity contribution in [1.82, 2.24) is 5.32 Å². The minimum Gasteiger partial charge on any atom is -0.347 e. The first kappa shape index (κ1) is 18.6. The molecule has 0 heterocycles. The lowest BCUT2D eigenvalue weighted by molar-refractivity contribution is 0.0846. The Morgan fingerprint density at radius 2 is 1.96 bits per heavy atom. The van der Waals surface area contributed by atoms with Crippen LogP contribution in [0.2, 0.25) is 0 Å². The molecule has 1 amide bonds. The van der Waals surface area contributed by atoms with Gasteiger partial charge in [0.25, 0.3) is 5.91 Å². The molecule has 0 aromatic heterocycles. The molecule has 4 aliphatic rings. The van der Waals surface area contributed by atoms with Gasteiger partial charge in [-0.2, -0.15) is 0 Å². The van der Waals surface area contributed by atoms with Crippen molar-refractivity contribution in [2.45, 2.75) is 42.5 Å². The third-order valence-corrected chi connectivity index (χ3v) is 8.05. The van der Waals surface area contributed by atoms with Crippen LogP contribution in [-0.2, 0) is 9.84 Å². The predicted octanol–water partition coefficient (Wildman–Crippen LogP) is 2.58. The van der Waals surface area contributed by atoms with Crippen molar-refractivity contribution in [2.24, 2.45) is 23.5 Å². The van der Waals surface area contributed by atoms with Gasteiger partial charge in [-0.25, -0.2) is 12.8 Å². The minimum atomic E-state index is -3.86. The Labute approximate surface area is 159 Å². The molecule has 0 radical (unpaired) electrons. The quantitative estimate of drug-likeness (QED) is 0.779. The van der Waals surface area contributed by atoms with E-state index in [2.05, 4.69) is 5.32 Å². The monoisotopic (exact) mass is 392 g/mol. The normalized spacial score (nSPS) is 32.1. The van der Waals surface area contributed by atoms with E-state index in [-0.39, 0.29) is 22.9 Å². The van der Waals surface area contributed by atoms with E-state index in [9.17, 15) is 17.6 Å². The van der Waals surface area contributed by atoms with E-state index in [1.807, 2.05) is 0 Å². The second-order valence-corrected chi connectivity index (χ2v) is 10.4. The van der Waals surface area contributed by atoms with Gasteiger partial charge in [0.2, 0.25) is 0 Å². The predicted molar refractivity (Wildman–Crippen MR) is 100 cm³/mol. The van der Waals surface area contributed by atoms with Crippen LogP contribution in [0.5, 0.6) is 0 Å². The molecule has 2 atom stereocenters. The second kappa shape index (κ2) is 6.71. The lowest BCUT2D eigenvalue weighted by atomic mass is 9.75. The van der Waals surface area contributed by atoms with Gasteiger partial charge in [0.1, 0.15) is 11.6 Å². The SMILES string of the molecule is NC/C=C(\F)CS(=O)(=O)c1cccc(C(=O)NC23CC4CC(C2)C(C4)C3)c1. The fourth-order valence-corrected chi connectivity index (χ4v) is 6.80. The zero-order chi connectivity index (χ0) is 19.2. The summed E-state index contributed by atoms with van der Waals surface area (Å²) in [7, 11) is -3.86. The third kappa shape index (κ3) is 3.55. The van der Waals surface area contributed by atoms with Crippen LogP contribution in [0.25, 0.3) is 0 Å². The summed E-state index contributed by atoms with van der Waals surface area (Å²) in [6, 6.07) is 5.86. The number of carbonyl (C=O) groups excluding carboxylic acids is 1. The van der Waals surface area contributed by atoms with Crippen molar-refractivity contribution in [3.8, 4) is 0 Å². The third-order valence-electron chi connectivity index (χ3n) is 6.43. The van der Waals surface area contributed by atoms with Crippen LogP contribution in [0, 0.1) is 17.8 Å². The molecule has 0 aliphatic heterocycles. The number of rotatable bonds is 6. The number of hydrogen-bond acceptors (Lipinski definition) is 4. The maximum Gasteiger partial charge on any atom is 0.251 e. The Morgan fingerprint density at radius 3 is 2.59 bits per heavy atom. The zero-order valence-electron chi connectivity index (χ0n) is 15.2. The molecule has 4 aliphatic carbocycles. The Bertz CT molecular complexity index is 877. The molecule has 0 saturated heterocycles. The molecular formula is C20H25FN2O3S. The van der Waals surface area contributed by atoms with Crippen LogP contribution in [-0.4, -0.2) is 32.2 Å². The van der Waals surface area contributed by atoms with Crippen molar-refractivity contribution < 1.29 is 17.6 Å². The summed E-state index contributed by atoms with van der Waals surface area (Å²) in [5.74, 6) is 0.397. The fourth-order valence-electron chi connectivity index (χ4n) is 5.56. The lowest BCUT2D eigenvalue weighted by Gasteiger charge is -2.39. The van der Waals surface area contributed by atoms with Crippen LogP contribution in [0.3, 0.4) is 0 Å². The summed E-state index contributed by atoms with van der Waals surface area (Å²) < 4.78 is 38.4. The Hall–Kier alpha value is -1.73. The summed E-state index contributed by atoms with van der Waals surface area (Å²) in [6.07, 6.45) is 6.72. The first-order valence-corrected chi connectivity index (χ1v) is 11.2. The van der Waals surface area contributed by atoms with Crippen LogP contribution in [0.1, 0.15) is 42.5 Å². The summed E-state index contributed by atoms with van der Waals surface area (Å²) in [5, 5.41) is 3.20. The van der Waals surface area contributed by atoms with Gasteiger partial charge in [-0.15, -0.1) is 0 Å². The van der Waals surface area contributed by atoms with Crippen LogP contribution in [0.4, 0.5) is 4.39 Å². The number of benzene rings is 1. The zero-order valence-corrected chi connectivity index (χ0v) is 16.0. The second-order valence-electron chi connectivity index (χ2n) is 8.38. The fraction of sp³-hybridized carbons (Fsp3) is 0.550. The highest BCUT2D eigenvalue weighted by molar-refractivity contribution is 7.91. The molecule has 1 aromatic rings. The molecule has 27 heavy (non-hydrogen) atoms. The molecule has 5 nitrogen and oxygen atoms in total. The van der Waals surface area contributed by atoms with E-state index in [0.717, 1.165) is 37.2 Å². The molecule has 1 aromatic carbocycles. The first-order valence-electron chi connectivity index (χ1n) is 9.50. The van der Waals surface area contributed by atoms with E-state index in [4.69, 9.17) is 5.73 Å². The summed E-state index contributed by atoms with van der Waals surface area (Å²) in [6.45, 7) is -0.0607. The Balaban J connectivity index is 1.51. The number of carbonyl (C=O) groups is 1. The maximum atomic E-state index is 13.6. The topological polar surface area (TPSA) is 89.3 Å². The van der Waals surface area contributed by atoms with E-state index in [1.54, 1.807) is 6.07 Å². The van der Waals surface area contributed by atoms with E-state index in [1.165, 1.54) is 31.0 Å². The number of halogens is 1. The van der Waals surface area contributed by atoms with Gasteiger partial charge in [0, 0.05) is 17.6 Å². The highest BCUT2D eigenvalue weighted by Crippen LogP contribution is 2.59. The average Bonchev–Trinajstić information content (AvgIpc) is 3.01. The molecular weight excluding hydrogens is 367 g/mol. The van der Waals surface area contributed by atoms with Crippen molar-refractivity contribution >= 4 is 15.7 Å². The number of sulfone groups is 1. The minimum absolute atomic E-state index is 0.0518. The summed E-state index contributed by atoms with van der Waals surface area (Å²) in [5.41, 5.74) is 5.39. The molecule has 4 saturated carbocycles. The molecule has 7 heteroatoms.